The van der Waals surface area contributed by atoms with E-state index in [-0.39, 0.29) is 31.2 Å². The molecule has 2 amide bonds. The van der Waals surface area contributed by atoms with Crippen LogP contribution in [-0.2, 0) is 14.2 Å². The van der Waals surface area contributed by atoms with E-state index in [1.54, 1.807) is 12.1 Å². The standard InChI is InChI=1S/C23H32N2O8/c1-28-16-9-13(10-17(29-2)20(16)30-3)22(26)25-15-11-31-21-18(12-32-19(15)21)33-23(27)24-14-7-5-4-6-8-14/h9-10,14-15,18-19,21H,4-8,11-12H2,1-3H3,(H,24,27)(H,25,26)/t15-,18+,19+,21+/m0/s1. The van der Waals surface area contributed by atoms with E-state index in [1.807, 2.05) is 0 Å². The zero-order chi connectivity index (χ0) is 23.4. The number of amides is 2. The van der Waals surface area contributed by atoms with Crippen molar-refractivity contribution in [3.05, 3.63) is 17.7 Å². The highest BCUT2D eigenvalue weighted by Crippen LogP contribution is 2.38. The monoisotopic (exact) mass is 464 g/mol. The molecule has 33 heavy (non-hydrogen) atoms. The summed E-state index contributed by atoms with van der Waals surface area (Å²) in [5.74, 6) is 0.854. The van der Waals surface area contributed by atoms with Gasteiger partial charge in [0.1, 0.15) is 12.2 Å². The van der Waals surface area contributed by atoms with E-state index in [4.69, 9.17) is 28.4 Å². The molecular weight excluding hydrogens is 432 g/mol. The van der Waals surface area contributed by atoms with Crippen LogP contribution in [0.5, 0.6) is 17.2 Å². The average molecular weight is 465 g/mol. The summed E-state index contributed by atoms with van der Waals surface area (Å²) in [6.07, 6.45) is 3.64. The second-order valence-electron chi connectivity index (χ2n) is 8.51. The van der Waals surface area contributed by atoms with Crippen LogP contribution in [0.3, 0.4) is 0 Å². The molecule has 10 nitrogen and oxygen atoms in total. The molecular formula is C23H32N2O8. The second kappa shape index (κ2) is 10.5. The Morgan fingerprint density at radius 1 is 0.879 bits per heavy atom. The van der Waals surface area contributed by atoms with Crippen molar-refractivity contribution in [1.29, 1.82) is 0 Å². The number of methoxy groups -OCH3 is 3. The summed E-state index contributed by atoms with van der Waals surface area (Å²) in [6.45, 7) is 0.486. The van der Waals surface area contributed by atoms with Crippen molar-refractivity contribution in [3.63, 3.8) is 0 Å². The third-order valence-electron chi connectivity index (χ3n) is 6.44. The maximum absolute atomic E-state index is 12.9. The average Bonchev–Trinajstić information content (AvgIpc) is 3.41. The van der Waals surface area contributed by atoms with Crippen LogP contribution < -0.4 is 24.8 Å². The summed E-state index contributed by atoms with van der Waals surface area (Å²) in [5, 5.41) is 5.89. The van der Waals surface area contributed by atoms with Gasteiger partial charge in [0.2, 0.25) is 5.75 Å². The fourth-order valence-corrected chi connectivity index (χ4v) is 4.74. The van der Waals surface area contributed by atoms with Crippen molar-refractivity contribution in [2.45, 2.75) is 62.5 Å². The number of rotatable bonds is 7. The number of benzene rings is 1. The molecule has 2 aliphatic heterocycles. The summed E-state index contributed by atoms with van der Waals surface area (Å²) >= 11 is 0. The highest BCUT2D eigenvalue weighted by atomic mass is 16.6. The Labute approximate surface area is 193 Å². The molecule has 0 radical (unpaired) electrons. The van der Waals surface area contributed by atoms with Crippen LogP contribution in [0.1, 0.15) is 42.5 Å². The maximum atomic E-state index is 12.9. The molecule has 1 aromatic rings. The van der Waals surface area contributed by atoms with Gasteiger partial charge in [0.25, 0.3) is 5.91 Å². The Kier molecular flexibility index (Phi) is 7.44. The number of ether oxygens (including phenoxy) is 6. The van der Waals surface area contributed by atoms with Crippen molar-refractivity contribution < 1.29 is 38.0 Å². The Hall–Kier alpha value is -2.72. The summed E-state index contributed by atoms with van der Waals surface area (Å²) in [7, 11) is 4.48. The first kappa shape index (κ1) is 23.4. The fourth-order valence-electron chi connectivity index (χ4n) is 4.74. The van der Waals surface area contributed by atoms with Gasteiger partial charge < -0.3 is 39.1 Å². The number of hydrogen-bond acceptors (Lipinski definition) is 8. The highest BCUT2D eigenvalue weighted by molar-refractivity contribution is 5.96. The largest absolute Gasteiger partial charge is 0.493 e. The van der Waals surface area contributed by atoms with Crippen molar-refractivity contribution in [1.82, 2.24) is 10.6 Å². The van der Waals surface area contributed by atoms with Crippen LogP contribution in [0.15, 0.2) is 12.1 Å². The molecule has 2 heterocycles. The van der Waals surface area contributed by atoms with Crippen LogP contribution in [-0.4, -0.2) is 76.9 Å². The molecule has 2 N–H and O–H groups in total. The van der Waals surface area contributed by atoms with Gasteiger partial charge >= 0.3 is 6.09 Å². The van der Waals surface area contributed by atoms with Gasteiger partial charge in [-0.1, -0.05) is 19.3 Å². The Morgan fingerprint density at radius 3 is 2.18 bits per heavy atom. The number of nitrogens with one attached hydrogen (secondary N) is 2. The van der Waals surface area contributed by atoms with Gasteiger partial charge in [-0.25, -0.2) is 4.79 Å². The van der Waals surface area contributed by atoms with Crippen molar-refractivity contribution >= 4 is 12.0 Å². The van der Waals surface area contributed by atoms with Crippen LogP contribution in [0.4, 0.5) is 4.79 Å². The Morgan fingerprint density at radius 2 is 1.55 bits per heavy atom. The molecule has 0 bridgehead atoms. The molecule has 0 spiro atoms. The normalized spacial score (nSPS) is 26.9. The predicted molar refractivity (Wildman–Crippen MR) is 117 cm³/mol. The van der Waals surface area contributed by atoms with Crippen LogP contribution in [0.25, 0.3) is 0 Å². The Balaban J connectivity index is 1.35. The minimum Gasteiger partial charge on any atom is -0.493 e. The van der Waals surface area contributed by atoms with Crippen molar-refractivity contribution in [2.75, 3.05) is 34.5 Å². The van der Waals surface area contributed by atoms with Crippen molar-refractivity contribution in [2.24, 2.45) is 0 Å². The SMILES string of the molecule is COc1cc(C(=O)N[C@H]2CO[C@H]3[C@@H]2OC[C@H]3OC(=O)NC2CCCCC2)cc(OC)c1OC. The van der Waals surface area contributed by atoms with Gasteiger partial charge in [-0.2, -0.15) is 0 Å². The van der Waals surface area contributed by atoms with Gasteiger partial charge in [0, 0.05) is 11.6 Å². The highest BCUT2D eigenvalue weighted by Gasteiger charge is 2.50. The lowest BCUT2D eigenvalue weighted by molar-refractivity contribution is 0.00260. The molecule has 10 heteroatoms. The number of alkyl carbamates (subject to hydrolysis) is 1. The molecule has 1 aliphatic carbocycles. The molecule has 4 rings (SSSR count). The first-order valence-electron chi connectivity index (χ1n) is 11.3. The molecule has 0 aromatic heterocycles. The maximum Gasteiger partial charge on any atom is 0.407 e. The molecule has 2 saturated heterocycles. The predicted octanol–water partition coefficient (Wildman–Crippen LogP) is 2.04. The fraction of sp³-hybridized carbons (Fsp3) is 0.652. The molecule has 1 aromatic carbocycles. The van der Waals surface area contributed by atoms with Crippen LogP contribution >= 0.6 is 0 Å². The number of hydrogen-bond donors (Lipinski definition) is 2. The minimum absolute atomic E-state index is 0.166. The van der Waals surface area contributed by atoms with E-state index in [2.05, 4.69) is 10.6 Å². The molecule has 3 fully saturated rings. The lowest BCUT2D eigenvalue weighted by atomic mass is 9.96. The summed E-state index contributed by atoms with van der Waals surface area (Å²) < 4.78 is 33.2. The lowest BCUT2D eigenvalue weighted by Gasteiger charge is -2.24. The van der Waals surface area contributed by atoms with E-state index in [1.165, 1.54) is 27.8 Å². The minimum atomic E-state index is -0.512. The summed E-state index contributed by atoms with van der Waals surface area (Å²) in [4.78, 5) is 25.3. The van der Waals surface area contributed by atoms with Crippen molar-refractivity contribution in [3.8, 4) is 17.2 Å². The van der Waals surface area contributed by atoms with E-state index < -0.39 is 24.4 Å². The third-order valence-corrected chi connectivity index (χ3v) is 6.44. The van der Waals surface area contributed by atoms with E-state index in [9.17, 15) is 9.59 Å². The van der Waals surface area contributed by atoms with Crippen LogP contribution in [0.2, 0.25) is 0 Å². The first-order chi connectivity index (χ1) is 16.0. The van der Waals surface area contributed by atoms with Gasteiger partial charge in [0.15, 0.2) is 17.6 Å². The van der Waals surface area contributed by atoms with Gasteiger partial charge in [-0.15, -0.1) is 0 Å². The second-order valence-corrected chi connectivity index (χ2v) is 8.51. The summed E-state index contributed by atoms with van der Waals surface area (Å²) in [5.41, 5.74) is 0.352. The van der Waals surface area contributed by atoms with E-state index in [0.717, 1.165) is 25.7 Å². The topological polar surface area (TPSA) is 114 Å². The van der Waals surface area contributed by atoms with Crippen LogP contribution in [0, 0.1) is 0 Å². The molecule has 4 atom stereocenters. The zero-order valence-electron chi connectivity index (χ0n) is 19.3. The number of fused-ring (bicyclic) bond motifs is 1. The van der Waals surface area contributed by atoms with E-state index >= 15 is 0 Å². The zero-order valence-corrected chi connectivity index (χ0v) is 19.3. The molecule has 3 aliphatic rings. The van der Waals surface area contributed by atoms with E-state index in [0.29, 0.717) is 22.8 Å². The smallest absolute Gasteiger partial charge is 0.407 e. The number of carbonyl (C=O) groups is 2. The molecule has 182 valence electrons. The third kappa shape index (κ3) is 5.11. The van der Waals surface area contributed by atoms with Gasteiger partial charge in [-0.3, -0.25) is 4.79 Å². The molecule has 0 unspecified atom stereocenters. The van der Waals surface area contributed by atoms with Gasteiger partial charge in [0.05, 0.1) is 40.6 Å². The quantitative estimate of drug-likeness (QED) is 0.630. The first-order valence-corrected chi connectivity index (χ1v) is 11.3. The summed E-state index contributed by atoms with van der Waals surface area (Å²) in [6, 6.07) is 2.96. The van der Waals surface area contributed by atoms with Gasteiger partial charge in [-0.05, 0) is 25.0 Å². The number of carbonyl (C=O) groups excluding carboxylic acids is 2. The molecule has 1 saturated carbocycles. The lowest BCUT2D eigenvalue weighted by Crippen LogP contribution is -2.45. The Bertz CT molecular complexity index is 832.